The Morgan fingerprint density at radius 1 is 1.21 bits per heavy atom. The van der Waals surface area contributed by atoms with Gasteiger partial charge in [0.1, 0.15) is 12.4 Å². The number of carbonyl (C=O) groups excluding carboxylic acids is 2. The standard InChI is InChI=1S/C19H20N2O3/c1-21-11-12-24-17-9-8-15(13-16(17)19(21)23)20-18(22)10-7-14-5-3-2-4-6-14/h2-6,8-9,13H,7,10-12H2,1H3,(H,20,22). The second-order valence-corrected chi connectivity index (χ2v) is 5.82. The summed E-state index contributed by atoms with van der Waals surface area (Å²) < 4.78 is 5.58. The van der Waals surface area contributed by atoms with Crippen molar-refractivity contribution in [2.24, 2.45) is 0 Å². The van der Waals surface area contributed by atoms with Gasteiger partial charge in [0.05, 0.1) is 12.1 Å². The molecule has 0 spiro atoms. The highest BCUT2D eigenvalue weighted by atomic mass is 16.5. The van der Waals surface area contributed by atoms with Crippen LogP contribution in [-0.2, 0) is 11.2 Å². The molecule has 124 valence electrons. The molecule has 5 heteroatoms. The van der Waals surface area contributed by atoms with Gasteiger partial charge in [-0.2, -0.15) is 0 Å². The number of likely N-dealkylation sites (N-methyl/N-ethyl adjacent to an activating group) is 1. The van der Waals surface area contributed by atoms with Crippen LogP contribution in [0.15, 0.2) is 48.5 Å². The number of hydrogen-bond acceptors (Lipinski definition) is 3. The first-order chi connectivity index (χ1) is 11.6. The number of carbonyl (C=O) groups is 2. The van der Waals surface area contributed by atoms with Gasteiger partial charge >= 0.3 is 0 Å². The molecule has 0 radical (unpaired) electrons. The maximum atomic E-state index is 12.3. The lowest BCUT2D eigenvalue weighted by Gasteiger charge is -2.13. The molecule has 0 fully saturated rings. The highest BCUT2D eigenvalue weighted by molar-refractivity contribution is 5.99. The fourth-order valence-corrected chi connectivity index (χ4v) is 2.63. The Labute approximate surface area is 141 Å². The van der Waals surface area contributed by atoms with E-state index < -0.39 is 0 Å². The van der Waals surface area contributed by atoms with Crippen molar-refractivity contribution in [3.8, 4) is 5.75 Å². The van der Waals surface area contributed by atoms with Crippen molar-refractivity contribution < 1.29 is 14.3 Å². The lowest BCUT2D eigenvalue weighted by atomic mass is 10.1. The van der Waals surface area contributed by atoms with E-state index in [4.69, 9.17) is 4.74 Å². The average molecular weight is 324 g/mol. The summed E-state index contributed by atoms with van der Waals surface area (Å²) in [6, 6.07) is 15.1. The number of benzene rings is 2. The summed E-state index contributed by atoms with van der Waals surface area (Å²) in [5, 5.41) is 2.85. The molecule has 5 nitrogen and oxygen atoms in total. The number of hydrogen-bond donors (Lipinski definition) is 1. The quantitative estimate of drug-likeness (QED) is 0.941. The topological polar surface area (TPSA) is 58.6 Å². The van der Waals surface area contributed by atoms with Gasteiger partial charge in [0, 0.05) is 19.2 Å². The molecule has 2 aromatic rings. The SMILES string of the molecule is CN1CCOc2ccc(NC(=O)CCc3ccccc3)cc2C1=O. The second-order valence-electron chi connectivity index (χ2n) is 5.82. The summed E-state index contributed by atoms with van der Waals surface area (Å²) in [5.41, 5.74) is 2.22. The van der Waals surface area contributed by atoms with Gasteiger partial charge in [0.25, 0.3) is 5.91 Å². The number of nitrogens with one attached hydrogen (secondary N) is 1. The van der Waals surface area contributed by atoms with E-state index in [2.05, 4.69) is 5.32 Å². The van der Waals surface area contributed by atoms with Crippen molar-refractivity contribution in [2.45, 2.75) is 12.8 Å². The summed E-state index contributed by atoms with van der Waals surface area (Å²) in [6.07, 6.45) is 1.08. The lowest BCUT2D eigenvalue weighted by molar-refractivity contribution is -0.116. The molecular weight excluding hydrogens is 304 g/mol. The third-order valence-corrected chi connectivity index (χ3v) is 4.01. The van der Waals surface area contributed by atoms with Crippen LogP contribution in [0.4, 0.5) is 5.69 Å². The van der Waals surface area contributed by atoms with E-state index in [1.54, 1.807) is 30.1 Å². The van der Waals surface area contributed by atoms with Crippen LogP contribution in [0, 0.1) is 0 Å². The minimum atomic E-state index is -0.0946. The Morgan fingerprint density at radius 2 is 2.00 bits per heavy atom. The summed E-state index contributed by atoms with van der Waals surface area (Å²) in [6.45, 7) is 1.02. The van der Waals surface area contributed by atoms with Crippen LogP contribution in [0.3, 0.4) is 0 Å². The van der Waals surface area contributed by atoms with E-state index in [0.29, 0.717) is 43.0 Å². The number of amides is 2. The van der Waals surface area contributed by atoms with E-state index >= 15 is 0 Å². The number of nitrogens with zero attached hydrogens (tertiary/aromatic N) is 1. The maximum Gasteiger partial charge on any atom is 0.257 e. The van der Waals surface area contributed by atoms with Crippen LogP contribution < -0.4 is 10.1 Å². The van der Waals surface area contributed by atoms with E-state index in [1.165, 1.54) is 0 Å². The number of ether oxygens (including phenoxy) is 1. The van der Waals surface area contributed by atoms with Gasteiger partial charge in [-0.1, -0.05) is 30.3 Å². The number of fused-ring (bicyclic) bond motifs is 1. The molecule has 0 aliphatic carbocycles. The van der Waals surface area contributed by atoms with E-state index in [1.807, 2.05) is 30.3 Å². The van der Waals surface area contributed by atoms with Crippen LogP contribution in [0.5, 0.6) is 5.75 Å². The Kier molecular flexibility index (Phi) is 4.79. The van der Waals surface area contributed by atoms with Crippen LogP contribution in [-0.4, -0.2) is 36.9 Å². The first-order valence-electron chi connectivity index (χ1n) is 7.99. The molecule has 1 heterocycles. The number of rotatable bonds is 4. The Bertz CT molecular complexity index is 744. The van der Waals surface area contributed by atoms with Gasteiger partial charge in [-0.15, -0.1) is 0 Å². The van der Waals surface area contributed by atoms with Crippen molar-refractivity contribution in [3.05, 3.63) is 59.7 Å². The predicted molar refractivity (Wildman–Crippen MR) is 92.3 cm³/mol. The van der Waals surface area contributed by atoms with Gasteiger partial charge < -0.3 is 15.0 Å². The van der Waals surface area contributed by atoms with Crippen LogP contribution in [0.2, 0.25) is 0 Å². The molecule has 0 saturated heterocycles. The summed E-state index contributed by atoms with van der Waals surface area (Å²) in [5.74, 6) is 0.392. The van der Waals surface area contributed by atoms with Crippen molar-refractivity contribution >= 4 is 17.5 Å². The molecule has 2 aromatic carbocycles. The van der Waals surface area contributed by atoms with Gasteiger partial charge in [-0.25, -0.2) is 0 Å². The van der Waals surface area contributed by atoms with Crippen LogP contribution >= 0.6 is 0 Å². The van der Waals surface area contributed by atoms with Crippen LogP contribution in [0.1, 0.15) is 22.3 Å². The Hall–Kier alpha value is -2.82. The summed E-state index contributed by atoms with van der Waals surface area (Å²) in [7, 11) is 1.74. The van der Waals surface area contributed by atoms with Crippen molar-refractivity contribution in [1.29, 1.82) is 0 Å². The molecule has 3 rings (SSSR count). The molecule has 0 unspecified atom stereocenters. The molecule has 2 amide bonds. The minimum absolute atomic E-state index is 0.0749. The van der Waals surface area contributed by atoms with Crippen molar-refractivity contribution in [1.82, 2.24) is 4.90 Å². The van der Waals surface area contributed by atoms with Gasteiger partial charge in [0.15, 0.2) is 0 Å². The summed E-state index contributed by atoms with van der Waals surface area (Å²) >= 11 is 0. The van der Waals surface area contributed by atoms with Crippen molar-refractivity contribution in [3.63, 3.8) is 0 Å². The molecule has 0 bridgehead atoms. The molecule has 1 aliphatic heterocycles. The molecule has 0 saturated carbocycles. The molecule has 24 heavy (non-hydrogen) atoms. The number of aryl methyl sites for hydroxylation is 1. The monoisotopic (exact) mass is 324 g/mol. The van der Waals surface area contributed by atoms with Gasteiger partial charge in [0.2, 0.25) is 5.91 Å². The smallest absolute Gasteiger partial charge is 0.257 e. The second kappa shape index (κ2) is 7.17. The Balaban J connectivity index is 1.66. The fraction of sp³-hybridized carbons (Fsp3) is 0.263. The fourth-order valence-electron chi connectivity index (χ4n) is 2.63. The molecule has 1 N–H and O–H groups in total. The largest absolute Gasteiger partial charge is 0.491 e. The first kappa shape index (κ1) is 16.1. The molecule has 0 aromatic heterocycles. The van der Waals surface area contributed by atoms with Crippen LogP contribution in [0.25, 0.3) is 0 Å². The van der Waals surface area contributed by atoms with Crippen molar-refractivity contribution in [2.75, 3.05) is 25.5 Å². The summed E-state index contributed by atoms with van der Waals surface area (Å²) in [4.78, 5) is 26.1. The third kappa shape index (κ3) is 3.74. The normalized spacial score (nSPS) is 13.7. The highest BCUT2D eigenvalue weighted by Crippen LogP contribution is 2.26. The Morgan fingerprint density at radius 3 is 2.79 bits per heavy atom. The van der Waals surface area contributed by atoms with Gasteiger partial charge in [-0.05, 0) is 30.2 Å². The minimum Gasteiger partial charge on any atom is -0.491 e. The molecule has 1 aliphatic rings. The van der Waals surface area contributed by atoms with E-state index in [9.17, 15) is 9.59 Å². The van der Waals surface area contributed by atoms with E-state index in [0.717, 1.165) is 5.56 Å². The zero-order valence-corrected chi connectivity index (χ0v) is 13.6. The number of anilines is 1. The third-order valence-electron chi connectivity index (χ3n) is 4.01. The average Bonchev–Trinajstić information content (AvgIpc) is 2.74. The van der Waals surface area contributed by atoms with E-state index in [-0.39, 0.29) is 11.8 Å². The zero-order valence-electron chi connectivity index (χ0n) is 13.6. The van der Waals surface area contributed by atoms with Gasteiger partial charge in [-0.3, -0.25) is 9.59 Å². The highest BCUT2D eigenvalue weighted by Gasteiger charge is 2.21. The molecular formula is C19H20N2O3. The maximum absolute atomic E-state index is 12.3. The zero-order chi connectivity index (χ0) is 16.9. The predicted octanol–water partition coefficient (Wildman–Crippen LogP) is 2.72. The first-order valence-corrected chi connectivity index (χ1v) is 7.99. The lowest BCUT2D eigenvalue weighted by Crippen LogP contribution is -2.27. The molecule has 0 atom stereocenters.